The van der Waals surface area contributed by atoms with Crippen molar-refractivity contribution in [1.29, 1.82) is 0 Å². The number of carboxylic acids is 1. The molecule has 0 aliphatic rings. The summed E-state index contributed by atoms with van der Waals surface area (Å²) in [6.07, 6.45) is 0. The molecule has 0 saturated carbocycles. The Labute approximate surface area is 125 Å². The van der Waals surface area contributed by atoms with Gasteiger partial charge < -0.3 is 5.11 Å². The zero-order valence-electron chi connectivity index (χ0n) is 11.8. The molecule has 0 saturated heterocycles. The van der Waals surface area contributed by atoms with Gasteiger partial charge in [-0.05, 0) is 32.3 Å². The first-order valence-electron chi connectivity index (χ1n) is 5.88. The molecule has 0 atom stereocenters. The van der Waals surface area contributed by atoms with Crippen LogP contribution < -0.4 is 4.31 Å². The summed E-state index contributed by atoms with van der Waals surface area (Å²) < 4.78 is 30.2. The monoisotopic (exact) mass is 330 g/mol. The van der Waals surface area contributed by atoms with Crippen LogP contribution in [0.3, 0.4) is 0 Å². The Bertz CT molecular complexity index is 787. The fraction of sp³-hybridized carbons (Fsp3) is 0.364. The maximum Gasteiger partial charge on any atom is 0.340 e. The number of anilines is 1. The van der Waals surface area contributed by atoms with Crippen LogP contribution in [0.15, 0.2) is 4.90 Å². The summed E-state index contributed by atoms with van der Waals surface area (Å²) in [6.45, 7) is 4.69. The molecule has 8 nitrogen and oxygen atoms in total. The summed E-state index contributed by atoms with van der Waals surface area (Å²) >= 11 is 0.834. The molecule has 10 heteroatoms. The summed E-state index contributed by atoms with van der Waals surface area (Å²) in [5, 5.41) is 15.8. The van der Waals surface area contributed by atoms with Gasteiger partial charge in [-0.15, -0.1) is 0 Å². The van der Waals surface area contributed by atoms with Gasteiger partial charge in [0, 0.05) is 7.05 Å². The van der Waals surface area contributed by atoms with Gasteiger partial charge in [0.2, 0.25) is 0 Å². The van der Waals surface area contributed by atoms with Crippen molar-refractivity contribution in [3.63, 3.8) is 0 Å². The number of H-pyrrole nitrogens is 1. The average molecular weight is 330 g/mol. The molecule has 0 aromatic carbocycles. The van der Waals surface area contributed by atoms with Crippen LogP contribution in [0.4, 0.5) is 5.00 Å². The molecular formula is C11H14N4O4S2. The van der Waals surface area contributed by atoms with Gasteiger partial charge in [0.05, 0.1) is 17.1 Å². The Morgan fingerprint density at radius 2 is 1.90 bits per heavy atom. The molecule has 0 radical (unpaired) electrons. The Morgan fingerprint density at radius 3 is 2.38 bits per heavy atom. The number of aromatic carboxylic acids is 1. The number of carbonyl (C=O) groups is 1. The van der Waals surface area contributed by atoms with Gasteiger partial charge in [0.25, 0.3) is 10.0 Å². The normalized spacial score (nSPS) is 11.6. The zero-order valence-corrected chi connectivity index (χ0v) is 13.5. The van der Waals surface area contributed by atoms with Crippen LogP contribution in [0.25, 0.3) is 0 Å². The van der Waals surface area contributed by atoms with Crippen molar-refractivity contribution in [2.75, 3.05) is 11.4 Å². The molecule has 0 aliphatic heterocycles. The van der Waals surface area contributed by atoms with Gasteiger partial charge in [-0.25, -0.2) is 13.2 Å². The largest absolute Gasteiger partial charge is 0.478 e. The van der Waals surface area contributed by atoms with Crippen LogP contribution >= 0.6 is 11.5 Å². The van der Waals surface area contributed by atoms with Crippen LogP contribution in [-0.4, -0.2) is 41.1 Å². The molecule has 114 valence electrons. The van der Waals surface area contributed by atoms with Crippen LogP contribution in [0.5, 0.6) is 0 Å². The van der Waals surface area contributed by atoms with Gasteiger partial charge in [0.1, 0.15) is 15.5 Å². The first-order chi connectivity index (χ1) is 9.67. The Kier molecular flexibility index (Phi) is 3.76. The lowest BCUT2D eigenvalue weighted by Gasteiger charge is -2.18. The van der Waals surface area contributed by atoms with Crippen molar-refractivity contribution in [2.45, 2.75) is 25.7 Å². The number of carboxylic acid groups (broad SMARTS) is 1. The second-order valence-corrected chi connectivity index (χ2v) is 7.15. The molecule has 0 spiro atoms. The third kappa shape index (κ3) is 2.40. The molecule has 0 unspecified atom stereocenters. The van der Waals surface area contributed by atoms with E-state index in [1.165, 1.54) is 14.0 Å². The highest BCUT2D eigenvalue weighted by Gasteiger charge is 2.32. The van der Waals surface area contributed by atoms with E-state index in [0.29, 0.717) is 11.4 Å². The van der Waals surface area contributed by atoms with Crippen molar-refractivity contribution in [3.8, 4) is 0 Å². The Hall–Kier alpha value is -1.94. The number of sulfonamides is 1. The predicted octanol–water partition coefficient (Wildman–Crippen LogP) is 1.31. The first kappa shape index (κ1) is 15.4. The molecular weight excluding hydrogens is 316 g/mol. The van der Waals surface area contributed by atoms with E-state index in [-0.39, 0.29) is 21.2 Å². The SMILES string of the molecule is Cc1nsc(N(C)S(=O)(=O)c2c(C)n[nH]c2C)c1C(=O)O. The van der Waals surface area contributed by atoms with E-state index in [1.807, 2.05) is 0 Å². The number of aromatic nitrogens is 3. The van der Waals surface area contributed by atoms with Crippen molar-refractivity contribution in [3.05, 3.63) is 22.6 Å². The second kappa shape index (κ2) is 5.11. The number of nitrogens with zero attached hydrogens (tertiary/aromatic N) is 3. The van der Waals surface area contributed by atoms with Crippen LogP contribution in [0, 0.1) is 20.8 Å². The van der Waals surface area contributed by atoms with E-state index >= 15 is 0 Å². The van der Waals surface area contributed by atoms with Gasteiger partial charge in [-0.2, -0.15) is 9.47 Å². The molecule has 2 heterocycles. The summed E-state index contributed by atoms with van der Waals surface area (Å²) in [5.41, 5.74) is 0.907. The summed E-state index contributed by atoms with van der Waals surface area (Å²) in [5.74, 6) is -1.21. The quantitative estimate of drug-likeness (QED) is 0.873. The van der Waals surface area contributed by atoms with Gasteiger partial charge in [-0.3, -0.25) is 9.40 Å². The van der Waals surface area contributed by atoms with Crippen molar-refractivity contribution >= 4 is 32.5 Å². The summed E-state index contributed by atoms with van der Waals surface area (Å²) in [4.78, 5) is 11.3. The molecule has 0 fully saturated rings. The fourth-order valence-electron chi connectivity index (χ4n) is 1.99. The highest BCUT2D eigenvalue weighted by molar-refractivity contribution is 7.93. The molecule has 2 aromatic heterocycles. The number of hydrogen-bond donors (Lipinski definition) is 2. The van der Waals surface area contributed by atoms with Crippen molar-refractivity contribution in [1.82, 2.24) is 14.6 Å². The zero-order chi connectivity index (χ0) is 15.9. The van der Waals surface area contributed by atoms with E-state index in [0.717, 1.165) is 15.8 Å². The minimum Gasteiger partial charge on any atom is -0.478 e. The molecule has 2 aromatic rings. The fourth-order valence-corrected chi connectivity index (χ4v) is 4.57. The van der Waals surface area contributed by atoms with E-state index in [9.17, 15) is 18.3 Å². The minimum atomic E-state index is -3.91. The standard InChI is InChI=1S/C11H14N4O4S2/c1-5-8(11(16)17)10(20-14-5)15(4)21(18,19)9-6(2)12-13-7(9)3/h1-4H3,(H,12,13)(H,16,17). The third-order valence-corrected chi connectivity index (χ3v) is 6.18. The van der Waals surface area contributed by atoms with Gasteiger partial charge in [0.15, 0.2) is 0 Å². The maximum absolute atomic E-state index is 12.7. The van der Waals surface area contributed by atoms with Crippen LogP contribution in [-0.2, 0) is 10.0 Å². The van der Waals surface area contributed by atoms with E-state index in [4.69, 9.17) is 0 Å². The number of aryl methyl sites for hydroxylation is 3. The average Bonchev–Trinajstić information content (AvgIpc) is 2.91. The van der Waals surface area contributed by atoms with Crippen LogP contribution in [0.2, 0.25) is 0 Å². The summed E-state index contributed by atoms with van der Waals surface area (Å²) in [6, 6.07) is 0. The minimum absolute atomic E-state index is 0.0485. The van der Waals surface area contributed by atoms with Gasteiger partial charge >= 0.3 is 5.97 Å². The lowest BCUT2D eigenvalue weighted by Crippen LogP contribution is -2.28. The van der Waals surface area contributed by atoms with E-state index in [1.54, 1.807) is 13.8 Å². The molecule has 0 aliphatic carbocycles. The molecule has 0 bridgehead atoms. The number of nitrogens with one attached hydrogen (secondary N) is 1. The Balaban J connectivity index is 2.60. The van der Waals surface area contributed by atoms with Crippen molar-refractivity contribution < 1.29 is 18.3 Å². The summed E-state index contributed by atoms with van der Waals surface area (Å²) in [7, 11) is -2.60. The maximum atomic E-state index is 12.7. The topological polar surface area (TPSA) is 116 Å². The first-order valence-corrected chi connectivity index (χ1v) is 8.09. The molecule has 0 amide bonds. The second-order valence-electron chi connectivity index (χ2n) is 4.49. The molecule has 21 heavy (non-hydrogen) atoms. The highest BCUT2D eigenvalue weighted by atomic mass is 32.2. The predicted molar refractivity (Wildman–Crippen MR) is 77.5 cm³/mol. The Morgan fingerprint density at radius 1 is 1.29 bits per heavy atom. The van der Waals surface area contributed by atoms with Crippen LogP contribution in [0.1, 0.15) is 27.4 Å². The number of aromatic amines is 1. The van der Waals surface area contributed by atoms with Crippen molar-refractivity contribution in [2.24, 2.45) is 0 Å². The lowest BCUT2D eigenvalue weighted by molar-refractivity contribution is 0.0697. The smallest absolute Gasteiger partial charge is 0.340 e. The lowest BCUT2D eigenvalue weighted by atomic mass is 10.2. The van der Waals surface area contributed by atoms with E-state index < -0.39 is 16.0 Å². The third-order valence-electron chi connectivity index (χ3n) is 3.02. The molecule has 2 rings (SSSR count). The number of rotatable bonds is 4. The highest BCUT2D eigenvalue weighted by Crippen LogP contribution is 2.32. The number of hydrogen-bond acceptors (Lipinski definition) is 6. The molecule has 2 N–H and O–H groups in total. The van der Waals surface area contributed by atoms with Gasteiger partial charge in [-0.1, -0.05) is 0 Å². The van der Waals surface area contributed by atoms with E-state index in [2.05, 4.69) is 14.6 Å².